The predicted molar refractivity (Wildman–Crippen MR) is 123 cm³/mol. The number of fused-ring (bicyclic) bond motifs is 3. The molecule has 2 aliphatic rings. The molecule has 4 N–H and O–H groups in total. The molecule has 0 spiro atoms. The molecule has 1 unspecified atom stereocenters. The average Bonchev–Trinajstić information content (AvgIpc) is 3.60. The van der Waals surface area contributed by atoms with Crippen LogP contribution in [0.4, 0.5) is 4.79 Å². The number of carbonyl (C=O) groups is 4. The molecule has 1 saturated carbocycles. The summed E-state index contributed by atoms with van der Waals surface area (Å²) in [4.78, 5) is 47.4. The molecule has 9 nitrogen and oxygen atoms in total. The first-order chi connectivity index (χ1) is 16.4. The van der Waals surface area contributed by atoms with E-state index in [0.717, 1.165) is 35.1 Å². The number of amides is 3. The topological polar surface area (TPSA) is 134 Å². The van der Waals surface area contributed by atoms with Gasteiger partial charge in [0.15, 0.2) is 0 Å². The summed E-state index contributed by atoms with van der Waals surface area (Å²) >= 11 is 0. The van der Waals surface area contributed by atoms with Crippen molar-refractivity contribution in [2.24, 2.45) is 5.92 Å². The molecule has 0 saturated heterocycles. The Morgan fingerprint density at radius 3 is 2.12 bits per heavy atom. The first-order valence-electron chi connectivity index (χ1n) is 11.3. The van der Waals surface area contributed by atoms with Crippen LogP contribution >= 0.6 is 0 Å². The van der Waals surface area contributed by atoms with Gasteiger partial charge in [-0.3, -0.25) is 14.4 Å². The van der Waals surface area contributed by atoms with E-state index in [0.29, 0.717) is 12.3 Å². The molecule has 9 heteroatoms. The van der Waals surface area contributed by atoms with Crippen LogP contribution in [0.3, 0.4) is 0 Å². The molecule has 0 aliphatic heterocycles. The average molecular weight is 466 g/mol. The van der Waals surface area contributed by atoms with Gasteiger partial charge in [-0.25, -0.2) is 4.79 Å². The number of carboxylic acid groups (broad SMARTS) is 1. The van der Waals surface area contributed by atoms with Gasteiger partial charge in [-0.05, 0) is 34.6 Å². The fraction of sp³-hybridized carbons (Fsp3) is 0.360. The molecule has 2 aliphatic carbocycles. The van der Waals surface area contributed by atoms with Gasteiger partial charge in [-0.15, -0.1) is 0 Å². The molecule has 1 fully saturated rings. The Labute approximate surface area is 196 Å². The summed E-state index contributed by atoms with van der Waals surface area (Å²) in [6, 6.07) is 15.2. The standard InChI is InChI=1S/C25H27N3O6/c29-22(26-13-23(30)31)12-27-24(32)21(11-15-9-10-15)28-25(33)34-14-20-18-7-3-1-5-16(18)17-6-2-4-8-19(17)20/h1-8,15,20-21H,9-14H2,(H,26,29)(H,27,32)(H,28,33)(H,30,31). The number of carboxylic acids is 1. The normalized spacial score (nSPS) is 14.9. The molecule has 0 radical (unpaired) electrons. The molecule has 0 heterocycles. The smallest absolute Gasteiger partial charge is 0.407 e. The zero-order chi connectivity index (χ0) is 24.1. The van der Waals surface area contributed by atoms with E-state index in [1.54, 1.807) is 0 Å². The lowest BCUT2D eigenvalue weighted by atomic mass is 9.98. The predicted octanol–water partition coefficient (Wildman–Crippen LogP) is 2.01. The Bertz CT molecular complexity index is 1050. The highest BCUT2D eigenvalue weighted by Crippen LogP contribution is 2.44. The second-order valence-corrected chi connectivity index (χ2v) is 8.59. The number of benzene rings is 2. The lowest BCUT2D eigenvalue weighted by molar-refractivity contribution is -0.137. The molecule has 4 rings (SSSR count). The first-order valence-corrected chi connectivity index (χ1v) is 11.3. The fourth-order valence-corrected chi connectivity index (χ4v) is 4.23. The van der Waals surface area contributed by atoms with E-state index in [1.807, 2.05) is 36.4 Å². The van der Waals surface area contributed by atoms with Crippen LogP contribution in [0.5, 0.6) is 0 Å². The first kappa shape index (κ1) is 23.3. The number of rotatable bonds is 10. The molecular formula is C25H27N3O6. The van der Waals surface area contributed by atoms with Crippen LogP contribution < -0.4 is 16.0 Å². The summed E-state index contributed by atoms with van der Waals surface area (Å²) < 4.78 is 5.54. The number of hydrogen-bond acceptors (Lipinski definition) is 5. The van der Waals surface area contributed by atoms with E-state index in [-0.39, 0.29) is 19.1 Å². The maximum absolute atomic E-state index is 12.6. The summed E-state index contributed by atoms with van der Waals surface area (Å²) in [5, 5.41) is 15.9. The van der Waals surface area contributed by atoms with Crippen molar-refractivity contribution in [2.45, 2.75) is 31.2 Å². The lowest BCUT2D eigenvalue weighted by Crippen LogP contribution is -2.49. The third-order valence-electron chi connectivity index (χ3n) is 6.08. The molecule has 0 aromatic heterocycles. The van der Waals surface area contributed by atoms with Gasteiger partial charge in [0.05, 0.1) is 6.54 Å². The van der Waals surface area contributed by atoms with E-state index in [4.69, 9.17) is 9.84 Å². The zero-order valence-corrected chi connectivity index (χ0v) is 18.6. The van der Waals surface area contributed by atoms with Crippen LogP contribution in [-0.2, 0) is 19.1 Å². The fourth-order valence-electron chi connectivity index (χ4n) is 4.23. The monoisotopic (exact) mass is 465 g/mol. The van der Waals surface area contributed by atoms with Crippen LogP contribution in [-0.4, -0.2) is 54.7 Å². The van der Waals surface area contributed by atoms with Crippen LogP contribution in [0.25, 0.3) is 11.1 Å². The second-order valence-electron chi connectivity index (χ2n) is 8.59. The zero-order valence-electron chi connectivity index (χ0n) is 18.6. The Morgan fingerprint density at radius 2 is 1.53 bits per heavy atom. The van der Waals surface area contributed by atoms with E-state index >= 15 is 0 Å². The Morgan fingerprint density at radius 1 is 0.912 bits per heavy atom. The second kappa shape index (κ2) is 10.4. The molecular weight excluding hydrogens is 438 g/mol. The van der Waals surface area contributed by atoms with Gasteiger partial charge < -0.3 is 25.8 Å². The van der Waals surface area contributed by atoms with Crippen molar-refractivity contribution in [1.29, 1.82) is 0 Å². The molecule has 1 atom stereocenters. The van der Waals surface area contributed by atoms with Crippen molar-refractivity contribution in [1.82, 2.24) is 16.0 Å². The van der Waals surface area contributed by atoms with Gasteiger partial charge in [0.2, 0.25) is 11.8 Å². The van der Waals surface area contributed by atoms with Gasteiger partial charge in [-0.2, -0.15) is 0 Å². The summed E-state index contributed by atoms with van der Waals surface area (Å²) in [7, 11) is 0. The summed E-state index contributed by atoms with van der Waals surface area (Å²) in [6.45, 7) is -0.771. The van der Waals surface area contributed by atoms with Gasteiger partial charge in [0.1, 0.15) is 19.2 Å². The molecule has 3 amide bonds. The minimum Gasteiger partial charge on any atom is -0.480 e. The van der Waals surface area contributed by atoms with E-state index in [9.17, 15) is 19.2 Å². The van der Waals surface area contributed by atoms with Crippen molar-refractivity contribution in [3.63, 3.8) is 0 Å². The summed E-state index contributed by atoms with van der Waals surface area (Å²) in [5.41, 5.74) is 4.44. The number of carbonyl (C=O) groups excluding carboxylic acids is 3. The minimum absolute atomic E-state index is 0.0909. The van der Waals surface area contributed by atoms with Gasteiger partial charge in [0, 0.05) is 5.92 Å². The van der Waals surface area contributed by atoms with Crippen molar-refractivity contribution in [2.75, 3.05) is 19.7 Å². The number of hydrogen-bond donors (Lipinski definition) is 4. The highest BCUT2D eigenvalue weighted by molar-refractivity contribution is 5.90. The third kappa shape index (κ3) is 5.72. The van der Waals surface area contributed by atoms with Gasteiger partial charge in [0.25, 0.3) is 0 Å². The highest BCUT2D eigenvalue weighted by atomic mass is 16.5. The van der Waals surface area contributed by atoms with Crippen molar-refractivity contribution in [3.8, 4) is 11.1 Å². The number of aliphatic carboxylic acids is 1. The quantitative estimate of drug-likeness (QED) is 0.424. The Hall–Kier alpha value is -3.88. The number of ether oxygens (including phenoxy) is 1. The van der Waals surface area contributed by atoms with Crippen molar-refractivity contribution in [3.05, 3.63) is 59.7 Å². The SMILES string of the molecule is O=C(O)CNC(=O)CNC(=O)C(CC1CC1)NC(=O)OCC1c2ccccc2-c2ccccc21. The Kier molecular flexibility index (Phi) is 7.10. The maximum atomic E-state index is 12.6. The van der Waals surface area contributed by atoms with Gasteiger partial charge in [-0.1, -0.05) is 61.4 Å². The number of alkyl carbamates (subject to hydrolysis) is 1. The van der Waals surface area contributed by atoms with Crippen LogP contribution in [0.2, 0.25) is 0 Å². The van der Waals surface area contributed by atoms with Crippen LogP contribution in [0.1, 0.15) is 36.3 Å². The van der Waals surface area contributed by atoms with E-state index < -0.39 is 36.5 Å². The highest BCUT2D eigenvalue weighted by Gasteiger charge is 2.32. The molecule has 0 bridgehead atoms. The molecule has 34 heavy (non-hydrogen) atoms. The lowest BCUT2D eigenvalue weighted by Gasteiger charge is -2.19. The van der Waals surface area contributed by atoms with E-state index in [1.165, 1.54) is 0 Å². The van der Waals surface area contributed by atoms with Crippen LogP contribution in [0, 0.1) is 5.92 Å². The van der Waals surface area contributed by atoms with Gasteiger partial charge >= 0.3 is 12.1 Å². The van der Waals surface area contributed by atoms with E-state index in [2.05, 4.69) is 28.1 Å². The largest absolute Gasteiger partial charge is 0.480 e. The Balaban J connectivity index is 1.33. The molecule has 2 aromatic rings. The maximum Gasteiger partial charge on any atom is 0.407 e. The molecule has 2 aromatic carbocycles. The minimum atomic E-state index is -1.18. The van der Waals surface area contributed by atoms with Crippen molar-refractivity contribution >= 4 is 23.9 Å². The number of nitrogens with one attached hydrogen (secondary N) is 3. The van der Waals surface area contributed by atoms with Crippen molar-refractivity contribution < 1.29 is 29.0 Å². The summed E-state index contributed by atoms with van der Waals surface area (Å²) in [6.07, 6.45) is 1.72. The summed E-state index contributed by atoms with van der Waals surface area (Å²) in [5.74, 6) is -2.06. The third-order valence-corrected chi connectivity index (χ3v) is 6.08. The van der Waals surface area contributed by atoms with Crippen LogP contribution in [0.15, 0.2) is 48.5 Å². The molecule has 178 valence electrons.